The molecule has 0 amide bonds. The summed E-state index contributed by atoms with van der Waals surface area (Å²) < 4.78 is 12.1. The molecule has 1 fully saturated rings. The summed E-state index contributed by atoms with van der Waals surface area (Å²) in [6.07, 6.45) is 0.899. The van der Waals surface area contributed by atoms with E-state index in [2.05, 4.69) is 4.98 Å². The van der Waals surface area contributed by atoms with Crippen LogP contribution in [0.5, 0.6) is 0 Å². The van der Waals surface area contributed by atoms with E-state index in [4.69, 9.17) is 20.3 Å². The Hall–Kier alpha value is -1.44. The largest absolute Gasteiger partial charge is 0.394 e. The number of rotatable bonds is 3. The Balaban J connectivity index is 2.22. The summed E-state index contributed by atoms with van der Waals surface area (Å²) in [7, 11) is 1.54. The first-order chi connectivity index (χ1) is 8.15. The molecule has 1 aromatic rings. The van der Waals surface area contributed by atoms with E-state index >= 15 is 0 Å². The predicted octanol–water partition coefficient (Wildman–Crippen LogP) is -0.880. The van der Waals surface area contributed by atoms with E-state index in [1.807, 2.05) is 0 Å². The van der Waals surface area contributed by atoms with E-state index in [0.717, 1.165) is 0 Å². The molecule has 0 saturated carbocycles. The summed E-state index contributed by atoms with van der Waals surface area (Å²) in [5.41, 5.74) is 4.93. The van der Waals surface area contributed by atoms with Crippen LogP contribution in [0.2, 0.25) is 0 Å². The van der Waals surface area contributed by atoms with Crippen molar-refractivity contribution in [2.24, 2.45) is 0 Å². The van der Waals surface area contributed by atoms with Crippen molar-refractivity contribution in [3.63, 3.8) is 0 Å². The number of aliphatic hydroxyl groups excluding tert-OH is 1. The number of aliphatic hydroxyl groups is 1. The fraction of sp³-hybridized carbons (Fsp3) is 0.600. The van der Waals surface area contributed by atoms with E-state index in [1.54, 1.807) is 7.11 Å². The zero-order chi connectivity index (χ0) is 12.4. The van der Waals surface area contributed by atoms with Crippen LogP contribution in [0.25, 0.3) is 0 Å². The third-order valence-electron chi connectivity index (χ3n) is 2.82. The van der Waals surface area contributed by atoms with Gasteiger partial charge in [0.05, 0.1) is 12.7 Å². The van der Waals surface area contributed by atoms with Crippen molar-refractivity contribution < 1.29 is 14.6 Å². The number of nitrogens with zero attached hydrogens (tertiary/aromatic N) is 2. The summed E-state index contributed by atoms with van der Waals surface area (Å²) in [5.74, 6) is 0.172. The molecule has 1 aliphatic heterocycles. The maximum Gasteiger partial charge on any atom is 0.351 e. The zero-order valence-corrected chi connectivity index (χ0v) is 9.44. The molecule has 7 nitrogen and oxygen atoms in total. The molecule has 0 radical (unpaired) electrons. The van der Waals surface area contributed by atoms with Gasteiger partial charge in [-0.2, -0.15) is 4.98 Å². The van der Waals surface area contributed by atoms with Crippen molar-refractivity contribution in [2.45, 2.75) is 24.9 Å². The number of nitrogen functional groups attached to an aromatic ring is 1. The summed E-state index contributed by atoms with van der Waals surface area (Å²) in [4.78, 5) is 15.2. The Labute approximate surface area is 97.8 Å². The van der Waals surface area contributed by atoms with Gasteiger partial charge in [0.1, 0.15) is 18.1 Å². The number of aromatic nitrogens is 2. The number of ether oxygens (including phenoxy) is 2. The lowest BCUT2D eigenvalue weighted by Gasteiger charge is -2.14. The maximum absolute atomic E-state index is 11.6. The Bertz CT molecular complexity index is 435. The van der Waals surface area contributed by atoms with Crippen molar-refractivity contribution in [3.05, 3.63) is 22.7 Å². The summed E-state index contributed by atoms with van der Waals surface area (Å²) in [6, 6.07) is 1.53. The first-order valence-electron chi connectivity index (χ1n) is 5.29. The lowest BCUT2D eigenvalue weighted by molar-refractivity contribution is -0.0534. The Morgan fingerprint density at radius 1 is 1.76 bits per heavy atom. The first kappa shape index (κ1) is 12.0. The molecule has 0 aromatic carbocycles. The lowest BCUT2D eigenvalue weighted by atomic mass is 10.2. The van der Waals surface area contributed by atoms with Gasteiger partial charge in [0.15, 0.2) is 0 Å². The maximum atomic E-state index is 11.6. The van der Waals surface area contributed by atoms with Gasteiger partial charge >= 0.3 is 5.69 Å². The van der Waals surface area contributed by atoms with E-state index in [1.165, 1.54) is 16.8 Å². The number of methoxy groups -OCH3 is 1. The monoisotopic (exact) mass is 241 g/mol. The highest BCUT2D eigenvalue weighted by molar-refractivity contribution is 5.23. The molecular formula is C10H15N3O4. The second-order valence-electron chi connectivity index (χ2n) is 3.86. The van der Waals surface area contributed by atoms with Crippen LogP contribution in [-0.4, -0.2) is 40.6 Å². The van der Waals surface area contributed by atoms with Gasteiger partial charge < -0.3 is 20.3 Å². The lowest BCUT2D eigenvalue weighted by Crippen LogP contribution is -2.28. The van der Waals surface area contributed by atoms with Gasteiger partial charge in [-0.15, -0.1) is 0 Å². The van der Waals surface area contributed by atoms with Crippen LogP contribution in [-0.2, 0) is 9.47 Å². The van der Waals surface area contributed by atoms with Gasteiger partial charge in [-0.1, -0.05) is 0 Å². The molecule has 17 heavy (non-hydrogen) atoms. The van der Waals surface area contributed by atoms with Crippen LogP contribution in [0.15, 0.2) is 17.1 Å². The number of anilines is 1. The summed E-state index contributed by atoms with van der Waals surface area (Å²) in [6.45, 7) is -0.147. The van der Waals surface area contributed by atoms with Gasteiger partial charge in [-0.05, 0) is 6.07 Å². The molecule has 1 aliphatic rings. The van der Waals surface area contributed by atoms with E-state index in [-0.39, 0.29) is 18.5 Å². The third-order valence-corrected chi connectivity index (χ3v) is 2.82. The normalized spacial score (nSPS) is 28.5. The average molecular weight is 241 g/mol. The molecular weight excluding hydrogens is 226 g/mol. The Morgan fingerprint density at radius 3 is 3.06 bits per heavy atom. The quantitative estimate of drug-likeness (QED) is 0.713. The smallest absolute Gasteiger partial charge is 0.351 e. The molecule has 3 N–H and O–H groups in total. The van der Waals surface area contributed by atoms with Crippen LogP contribution in [0.3, 0.4) is 0 Å². The molecule has 3 unspecified atom stereocenters. The van der Waals surface area contributed by atoms with Crippen molar-refractivity contribution in [1.29, 1.82) is 0 Å². The minimum absolute atomic E-state index is 0.147. The zero-order valence-electron chi connectivity index (χ0n) is 9.44. The van der Waals surface area contributed by atoms with Crippen molar-refractivity contribution in [1.82, 2.24) is 9.55 Å². The summed E-state index contributed by atoms with van der Waals surface area (Å²) >= 11 is 0. The van der Waals surface area contributed by atoms with Crippen LogP contribution in [0.1, 0.15) is 12.6 Å². The van der Waals surface area contributed by atoms with E-state index < -0.39 is 18.0 Å². The highest BCUT2D eigenvalue weighted by Gasteiger charge is 2.36. The van der Waals surface area contributed by atoms with Crippen LogP contribution < -0.4 is 11.4 Å². The minimum atomic E-state index is -0.474. The molecule has 1 aromatic heterocycles. The molecule has 0 aliphatic carbocycles. The average Bonchev–Trinajstić information content (AvgIpc) is 2.72. The number of nitrogens with two attached hydrogens (primary N) is 1. The second-order valence-corrected chi connectivity index (χ2v) is 3.86. The van der Waals surface area contributed by atoms with Gasteiger partial charge in [0.25, 0.3) is 0 Å². The second kappa shape index (κ2) is 4.82. The first-order valence-corrected chi connectivity index (χ1v) is 5.29. The fourth-order valence-corrected chi connectivity index (χ4v) is 1.93. The van der Waals surface area contributed by atoms with Crippen molar-refractivity contribution in [2.75, 3.05) is 19.5 Å². The molecule has 2 heterocycles. The van der Waals surface area contributed by atoms with Gasteiger partial charge in [-0.3, -0.25) is 4.57 Å². The molecule has 0 spiro atoms. The minimum Gasteiger partial charge on any atom is -0.394 e. The molecule has 1 saturated heterocycles. The van der Waals surface area contributed by atoms with E-state index in [9.17, 15) is 4.79 Å². The molecule has 7 heteroatoms. The van der Waals surface area contributed by atoms with Gasteiger partial charge in [0, 0.05) is 19.7 Å². The van der Waals surface area contributed by atoms with Crippen LogP contribution in [0.4, 0.5) is 5.82 Å². The summed E-state index contributed by atoms with van der Waals surface area (Å²) in [5, 5.41) is 9.12. The van der Waals surface area contributed by atoms with Crippen molar-refractivity contribution >= 4 is 5.82 Å². The number of hydrogen-bond donors (Lipinski definition) is 2. The molecule has 94 valence electrons. The molecule has 0 bridgehead atoms. The van der Waals surface area contributed by atoms with Crippen LogP contribution >= 0.6 is 0 Å². The SMILES string of the molecule is COC1CC(n2ccc(N)nc2=O)OC1CO. The third kappa shape index (κ3) is 2.31. The Morgan fingerprint density at radius 2 is 2.53 bits per heavy atom. The number of hydrogen-bond acceptors (Lipinski definition) is 6. The highest BCUT2D eigenvalue weighted by atomic mass is 16.6. The topological polar surface area (TPSA) is 99.6 Å². The molecule has 2 rings (SSSR count). The highest BCUT2D eigenvalue weighted by Crippen LogP contribution is 2.29. The predicted molar refractivity (Wildman–Crippen MR) is 59.3 cm³/mol. The fourth-order valence-electron chi connectivity index (χ4n) is 1.93. The van der Waals surface area contributed by atoms with Crippen LogP contribution in [0, 0.1) is 0 Å². The van der Waals surface area contributed by atoms with Gasteiger partial charge in [0.2, 0.25) is 0 Å². The standard InChI is InChI=1S/C10H15N3O4/c1-16-6-4-9(17-7(6)5-14)13-3-2-8(11)12-10(13)15/h2-3,6-7,9,14H,4-5H2,1H3,(H2,11,12,15). The van der Waals surface area contributed by atoms with Gasteiger partial charge in [-0.25, -0.2) is 4.79 Å². The van der Waals surface area contributed by atoms with E-state index in [0.29, 0.717) is 6.42 Å². The van der Waals surface area contributed by atoms with Crippen molar-refractivity contribution in [3.8, 4) is 0 Å². The Kier molecular flexibility index (Phi) is 3.41. The molecule has 3 atom stereocenters.